The van der Waals surface area contributed by atoms with E-state index in [0.717, 1.165) is 23.7 Å². The van der Waals surface area contributed by atoms with Gasteiger partial charge in [0, 0.05) is 0 Å². The highest BCUT2D eigenvalue weighted by Gasteiger charge is 2.35. The molecule has 2 fully saturated rings. The first-order valence-corrected chi connectivity index (χ1v) is 5.79. The van der Waals surface area contributed by atoms with E-state index in [2.05, 4.69) is 13.8 Å². The Kier molecular flexibility index (Phi) is 2.43. The molecule has 0 heterocycles. The predicted octanol–water partition coefficient (Wildman–Crippen LogP) is 3.86. The molecule has 0 bridgehead atoms. The van der Waals surface area contributed by atoms with Crippen LogP contribution in [0.25, 0.3) is 0 Å². The van der Waals surface area contributed by atoms with E-state index in [0.29, 0.717) is 0 Å². The lowest BCUT2D eigenvalue weighted by molar-refractivity contribution is 0.0702. The third-order valence-corrected chi connectivity index (χ3v) is 4.41. The highest BCUT2D eigenvalue weighted by Crippen LogP contribution is 2.46. The lowest BCUT2D eigenvalue weighted by atomic mass is 9.62. The van der Waals surface area contributed by atoms with Crippen molar-refractivity contribution in [2.45, 2.75) is 52.4 Å². The fraction of sp³-hybridized carbons (Fsp3) is 1.00. The second kappa shape index (κ2) is 3.40. The smallest absolute Gasteiger partial charge is 0.0358 e. The highest BCUT2D eigenvalue weighted by atomic mass is 14.4. The Labute approximate surface area is 76.7 Å². The maximum atomic E-state index is 2.48. The summed E-state index contributed by atoms with van der Waals surface area (Å²) in [5, 5.41) is 0. The van der Waals surface area contributed by atoms with Crippen LogP contribution in [0.1, 0.15) is 52.4 Å². The van der Waals surface area contributed by atoms with Crippen LogP contribution < -0.4 is 0 Å². The first-order valence-electron chi connectivity index (χ1n) is 5.79. The normalized spacial score (nSPS) is 48.5. The van der Waals surface area contributed by atoms with Gasteiger partial charge in [0.05, 0.1) is 0 Å². The maximum absolute atomic E-state index is 2.48. The van der Waals surface area contributed by atoms with Gasteiger partial charge in [0.15, 0.2) is 0 Å². The van der Waals surface area contributed by atoms with Gasteiger partial charge in [-0.1, -0.05) is 39.5 Å². The number of hydrogen-bond donors (Lipinski definition) is 0. The molecule has 0 unspecified atom stereocenters. The van der Waals surface area contributed by atoms with Crippen LogP contribution in [0.2, 0.25) is 0 Å². The van der Waals surface area contributed by atoms with Gasteiger partial charge in [-0.3, -0.25) is 0 Å². The van der Waals surface area contributed by atoms with Crippen molar-refractivity contribution in [1.82, 2.24) is 0 Å². The van der Waals surface area contributed by atoms with Gasteiger partial charge < -0.3 is 0 Å². The Morgan fingerprint density at radius 1 is 0.667 bits per heavy atom. The molecule has 4 atom stereocenters. The predicted molar refractivity (Wildman–Crippen MR) is 53.0 cm³/mol. The van der Waals surface area contributed by atoms with Crippen molar-refractivity contribution in [3.05, 3.63) is 0 Å². The lowest BCUT2D eigenvalue weighted by Crippen LogP contribution is -2.34. The zero-order valence-electron chi connectivity index (χ0n) is 8.55. The molecule has 0 heteroatoms. The number of hydrogen-bond acceptors (Lipinski definition) is 0. The molecule has 0 N–H and O–H groups in total. The molecule has 0 nitrogen and oxygen atoms in total. The van der Waals surface area contributed by atoms with Crippen molar-refractivity contribution in [2.75, 3.05) is 0 Å². The van der Waals surface area contributed by atoms with E-state index in [1.54, 1.807) is 0 Å². The van der Waals surface area contributed by atoms with Crippen LogP contribution in [-0.2, 0) is 0 Å². The first kappa shape index (κ1) is 8.59. The molecule has 0 saturated heterocycles. The van der Waals surface area contributed by atoms with E-state index in [-0.39, 0.29) is 0 Å². The Morgan fingerprint density at radius 3 is 1.50 bits per heavy atom. The molecule has 0 amide bonds. The van der Waals surface area contributed by atoms with E-state index < -0.39 is 0 Å². The van der Waals surface area contributed by atoms with Gasteiger partial charge in [-0.25, -0.2) is 0 Å². The van der Waals surface area contributed by atoms with Crippen molar-refractivity contribution < 1.29 is 0 Å². The number of rotatable bonds is 0. The van der Waals surface area contributed by atoms with Crippen LogP contribution in [0.5, 0.6) is 0 Å². The van der Waals surface area contributed by atoms with Gasteiger partial charge in [-0.2, -0.15) is 0 Å². The SMILES string of the molecule is C[C@@H]1CCC[C@H]2[C@@H]1CCC[C@@H]2C. The van der Waals surface area contributed by atoms with Crippen LogP contribution in [-0.4, -0.2) is 0 Å². The average Bonchev–Trinajstić information content (AvgIpc) is 2.07. The monoisotopic (exact) mass is 166 g/mol. The van der Waals surface area contributed by atoms with Crippen molar-refractivity contribution in [3.8, 4) is 0 Å². The number of fused-ring (bicyclic) bond motifs is 1. The van der Waals surface area contributed by atoms with Crippen LogP contribution in [0.3, 0.4) is 0 Å². The molecule has 2 aliphatic rings. The molecule has 70 valence electrons. The molecule has 0 radical (unpaired) electrons. The van der Waals surface area contributed by atoms with E-state index in [1.807, 2.05) is 0 Å². The van der Waals surface area contributed by atoms with E-state index >= 15 is 0 Å². The summed E-state index contributed by atoms with van der Waals surface area (Å²) < 4.78 is 0. The summed E-state index contributed by atoms with van der Waals surface area (Å²) in [6.45, 7) is 4.96. The zero-order valence-corrected chi connectivity index (χ0v) is 8.55. The summed E-state index contributed by atoms with van der Waals surface area (Å²) in [5.74, 6) is 4.27. The van der Waals surface area contributed by atoms with Crippen molar-refractivity contribution in [2.24, 2.45) is 23.7 Å². The molecule has 0 aliphatic heterocycles. The van der Waals surface area contributed by atoms with Gasteiger partial charge in [0.25, 0.3) is 0 Å². The van der Waals surface area contributed by atoms with E-state index in [4.69, 9.17) is 0 Å². The summed E-state index contributed by atoms with van der Waals surface area (Å²) in [6.07, 6.45) is 9.10. The third-order valence-electron chi connectivity index (χ3n) is 4.41. The minimum Gasteiger partial charge on any atom is -0.0622 e. The Morgan fingerprint density at radius 2 is 1.08 bits per heavy atom. The van der Waals surface area contributed by atoms with Gasteiger partial charge in [-0.05, 0) is 36.5 Å². The molecule has 12 heavy (non-hydrogen) atoms. The van der Waals surface area contributed by atoms with Crippen molar-refractivity contribution >= 4 is 0 Å². The molecule has 0 spiro atoms. The second-order valence-electron chi connectivity index (χ2n) is 5.14. The standard InChI is InChI=1S/C12H22/c1-9-5-3-8-12-10(2)6-4-7-11(9)12/h9-12H,3-8H2,1-2H3/t9-,10+,11-,12-/m1/s1. The minimum absolute atomic E-state index is 1.03. The molecule has 2 rings (SSSR count). The largest absolute Gasteiger partial charge is 0.0622 e. The van der Waals surface area contributed by atoms with E-state index in [9.17, 15) is 0 Å². The molecule has 0 aromatic rings. The summed E-state index contributed by atoms with van der Waals surface area (Å²) in [7, 11) is 0. The summed E-state index contributed by atoms with van der Waals surface area (Å²) in [6, 6.07) is 0. The Balaban J connectivity index is 2.05. The van der Waals surface area contributed by atoms with Crippen LogP contribution in [0, 0.1) is 23.7 Å². The van der Waals surface area contributed by atoms with Crippen molar-refractivity contribution in [1.29, 1.82) is 0 Å². The molecular weight excluding hydrogens is 144 g/mol. The van der Waals surface area contributed by atoms with Crippen LogP contribution in [0.15, 0.2) is 0 Å². The van der Waals surface area contributed by atoms with Crippen molar-refractivity contribution in [3.63, 3.8) is 0 Å². The molecule has 2 aliphatic carbocycles. The summed E-state index contributed by atoms with van der Waals surface area (Å²) in [5.41, 5.74) is 0. The zero-order chi connectivity index (χ0) is 8.55. The Hall–Kier alpha value is 0. The topological polar surface area (TPSA) is 0 Å². The summed E-state index contributed by atoms with van der Waals surface area (Å²) in [4.78, 5) is 0. The van der Waals surface area contributed by atoms with Gasteiger partial charge in [-0.15, -0.1) is 0 Å². The van der Waals surface area contributed by atoms with Gasteiger partial charge in [0.2, 0.25) is 0 Å². The maximum Gasteiger partial charge on any atom is -0.0358 e. The van der Waals surface area contributed by atoms with E-state index in [1.165, 1.54) is 38.5 Å². The van der Waals surface area contributed by atoms with Gasteiger partial charge in [0.1, 0.15) is 0 Å². The van der Waals surface area contributed by atoms with Gasteiger partial charge >= 0.3 is 0 Å². The van der Waals surface area contributed by atoms with Crippen LogP contribution >= 0.6 is 0 Å². The lowest BCUT2D eigenvalue weighted by Gasteiger charge is -2.43. The fourth-order valence-corrected chi connectivity index (χ4v) is 3.62. The quantitative estimate of drug-likeness (QED) is 0.512. The molecule has 0 aromatic heterocycles. The Bertz CT molecular complexity index is 132. The second-order valence-corrected chi connectivity index (χ2v) is 5.14. The third kappa shape index (κ3) is 1.41. The molecule has 0 aromatic carbocycles. The summed E-state index contributed by atoms with van der Waals surface area (Å²) >= 11 is 0. The first-order chi connectivity index (χ1) is 5.79. The average molecular weight is 166 g/mol. The molecule has 2 saturated carbocycles. The minimum atomic E-state index is 1.03. The van der Waals surface area contributed by atoms with Crippen LogP contribution in [0.4, 0.5) is 0 Å². The molecular formula is C12H22. The fourth-order valence-electron chi connectivity index (χ4n) is 3.62. The highest BCUT2D eigenvalue weighted by molar-refractivity contribution is 4.86.